The smallest absolute Gasteiger partial charge is 0.236 e. The molecule has 1 N–H and O–H groups in total. The van der Waals surface area contributed by atoms with E-state index in [1.165, 1.54) is 5.56 Å². The summed E-state index contributed by atoms with van der Waals surface area (Å²) >= 11 is 3.51. The summed E-state index contributed by atoms with van der Waals surface area (Å²) in [5, 5.41) is 3.38. The lowest BCUT2D eigenvalue weighted by molar-refractivity contribution is -0.130. The van der Waals surface area contributed by atoms with Crippen LogP contribution in [-0.4, -0.2) is 36.5 Å². The third-order valence-electron chi connectivity index (χ3n) is 4.12. The number of hydrogen-bond donors (Lipinski definition) is 1. The van der Waals surface area contributed by atoms with E-state index in [4.69, 9.17) is 0 Å². The number of benzene rings is 1. The summed E-state index contributed by atoms with van der Waals surface area (Å²) in [6, 6.07) is 9.01. The first-order valence-electron chi connectivity index (χ1n) is 7.40. The van der Waals surface area contributed by atoms with Crippen molar-refractivity contribution in [1.29, 1.82) is 0 Å². The number of carbonyl (C=O) groups is 1. The van der Waals surface area contributed by atoms with Crippen LogP contribution in [0, 0.1) is 0 Å². The number of carbonyl (C=O) groups excluding carboxylic acids is 1. The van der Waals surface area contributed by atoms with E-state index in [1.54, 1.807) is 0 Å². The van der Waals surface area contributed by atoms with Crippen molar-refractivity contribution in [2.24, 2.45) is 0 Å². The van der Waals surface area contributed by atoms with E-state index in [0.29, 0.717) is 18.5 Å². The third-order valence-corrected chi connectivity index (χ3v) is 4.61. The van der Waals surface area contributed by atoms with Crippen LogP contribution in [0.2, 0.25) is 0 Å². The van der Waals surface area contributed by atoms with E-state index in [-0.39, 0.29) is 5.91 Å². The van der Waals surface area contributed by atoms with Crippen molar-refractivity contribution in [3.63, 3.8) is 0 Å². The summed E-state index contributed by atoms with van der Waals surface area (Å²) in [5.41, 5.74) is 1.40. The summed E-state index contributed by atoms with van der Waals surface area (Å²) in [7, 11) is 0. The van der Waals surface area contributed by atoms with Gasteiger partial charge >= 0.3 is 0 Å². The second-order valence-electron chi connectivity index (χ2n) is 5.37. The molecular formula is C16H23BrN2O. The zero-order valence-corrected chi connectivity index (χ0v) is 13.8. The minimum absolute atomic E-state index is 0.209. The Morgan fingerprint density at radius 2 is 2.05 bits per heavy atom. The first-order chi connectivity index (χ1) is 9.63. The van der Waals surface area contributed by atoms with E-state index in [2.05, 4.69) is 45.5 Å². The van der Waals surface area contributed by atoms with Crippen LogP contribution in [0.5, 0.6) is 0 Å². The molecule has 0 spiro atoms. The normalized spacial score (nSPS) is 21.4. The highest BCUT2D eigenvalue weighted by molar-refractivity contribution is 9.10. The lowest BCUT2D eigenvalue weighted by Gasteiger charge is -2.36. The van der Waals surface area contributed by atoms with Gasteiger partial charge in [0.1, 0.15) is 0 Å². The largest absolute Gasteiger partial charge is 0.342 e. The molecule has 2 rings (SSSR count). The maximum Gasteiger partial charge on any atom is 0.236 e. The highest BCUT2D eigenvalue weighted by atomic mass is 79.9. The Balaban J connectivity index is 1.73. The predicted molar refractivity (Wildman–Crippen MR) is 85.8 cm³/mol. The Morgan fingerprint density at radius 3 is 2.65 bits per heavy atom. The fourth-order valence-corrected chi connectivity index (χ4v) is 3.15. The van der Waals surface area contributed by atoms with E-state index in [9.17, 15) is 4.79 Å². The second-order valence-corrected chi connectivity index (χ2v) is 6.28. The van der Waals surface area contributed by atoms with E-state index < -0.39 is 0 Å². The first-order valence-corrected chi connectivity index (χ1v) is 8.20. The van der Waals surface area contributed by atoms with Gasteiger partial charge in [0.25, 0.3) is 0 Å². The van der Waals surface area contributed by atoms with Crippen LogP contribution >= 0.6 is 15.9 Å². The Labute approximate surface area is 129 Å². The van der Waals surface area contributed by atoms with Crippen LogP contribution in [0.15, 0.2) is 28.7 Å². The van der Waals surface area contributed by atoms with E-state index in [1.807, 2.05) is 18.7 Å². The highest BCUT2D eigenvalue weighted by Crippen LogP contribution is 2.37. The number of rotatable bonds is 6. The molecule has 3 nitrogen and oxygen atoms in total. The molecule has 0 atom stereocenters. The molecule has 0 aromatic heterocycles. The third kappa shape index (κ3) is 3.83. The lowest BCUT2D eigenvalue weighted by atomic mass is 9.76. The van der Waals surface area contributed by atoms with Gasteiger partial charge in [-0.1, -0.05) is 28.1 Å². The summed E-state index contributed by atoms with van der Waals surface area (Å²) < 4.78 is 1.14. The number of nitrogens with zero attached hydrogens (tertiary/aromatic N) is 1. The molecule has 1 aromatic rings. The fraction of sp³-hybridized carbons (Fsp3) is 0.562. The molecule has 0 aliphatic heterocycles. The molecule has 4 heteroatoms. The van der Waals surface area contributed by atoms with Crippen molar-refractivity contribution in [3.05, 3.63) is 34.3 Å². The van der Waals surface area contributed by atoms with Crippen molar-refractivity contribution >= 4 is 21.8 Å². The van der Waals surface area contributed by atoms with Crippen LogP contribution < -0.4 is 5.32 Å². The second kappa shape index (κ2) is 7.23. The molecule has 110 valence electrons. The van der Waals surface area contributed by atoms with Crippen molar-refractivity contribution in [2.75, 3.05) is 19.6 Å². The van der Waals surface area contributed by atoms with Gasteiger partial charge in [0.05, 0.1) is 6.54 Å². The first kappa shape index (κ1) is 15.5. The van der Waals surface area contributed by atoms with Gasteiger partial charge in [0.2, 0.25) is 5.91 Å². The molecule has 20 heavy (non-hydrogen) atoms. The summed E-state index contributed by atoms with van der Waals surface area (Å²) in [6.45, 7) is 6.10. The van der Waals surface area contributed by atoms with Crippen LogP contribution in [0.1, 0.15) is 38.2 Å². The SMILES string of the molecule is CCN(CC)C(=O)CNC1CC(c2cccc(Br)c2)C1. The van der Waals surface area contributed by atoms with Crippen molar-refractivity contribution in [1.82, 2.24) is 10.2 Å². The molecule has 0 unspecified atom stereocenters. The molecule has 0 saturated heterocycles. The molecule has 0 radical (unpaired) electrons. The Kier molecular flexibility index (Phi) is 5.61. The van der Waals surface area contributed by atoms with E-state index >= 15 is 0 Å². The van der Waals surface area contributed by atoms with Gasteiger partial charge in [-0.3, -0.25) is 4.79 Å². The van der Waals surface area contributed by atoms with E-state index in [0.717, 1.165) is 30.4 Å². The Bertz CT molecular complexity index is 454. The lowest BCUT2D eigenvalue weighted by Crippen LogP contribution is -2.46. The van der Waals surface area contributed by atoms with Crippen molar-refractivity contribution in [2.45, 2.75) is 38.6 Å². The summed E-state index contributed by atoms with van der Waals surface area (Å²) in [6.07, 6.45) is 2.25. The van der Waals surface area contributed by atoms with Gasteiger partial charge in [0.15, 0.2) is 0 Å². The van der Waals surface area contributed by atoms with Gasteiger partial charge < -0.3 is 10.2 Å². The van der Waals surface area contributed by atoms with Gasteiger partial charge in [-0.25, -0.2) is 0 Å². The monoisotopic (exact) mass is 338 g/mol. The predicted octanol–water partition coefficient (Wildman–Crippen LogP) is 3.15. The number of likely N-dealkylation sites (N-methyl/N-ethyl adjacent to an activating group) is 1. The van der Waals surface area contributed by atoms with Gasteiger partial charge in [-0.2, -0.15) is 0 Å². The summed E-state index contributed by atoms with van der Waals surface area (Å²) in [5.74, 6) is 0.842. The van der Waals surface area contributed by atoms with Crippen LogP contribution in [0.4, 0.5) is 0 Å². The topological polar surface area (TPSA) is 32.3 Å². The van der Waals surface area contributed by atoms with Gasteiger partial charge in [-0.05, 0) is 50.3 Å². The van der Waals surface area contributed by atoms with Gasteiger partial charge in [-0.15, -0.1) is 0 Å². The molecule has 0 heterocycles. The quantitative estimate of drug-likeness (QED) is 0.864. The molecule has 1 aromatic carbocycles. The molecule has 0 bridgehead atoms. The zero-order chi connectivity index (χ0) is 14.5. The number of hydrogen-bond acceptors (Lipinski definition) is 2. The van der Waals surface area contributed by atoms with Crippen LogP contribution in [-0.2, 0) is 4.79 Å². The molecule has 1 saturated carbocycles. The average molecular weight is 339 g/mol. The van der Waals surface area contributed by atoms with Crippen LogP contribution in [0.3, 0.4) is 0 Å². The Morgan fingerprint density at radius 1 is 1.35 bits per heavy atom. The number of amides is 1. The molecule has 1 amide bonds. The molecule has 1 aliphatic carbocycles. The maximum absolute atomic E-state index is 11.9. The zero-order valence-electron chi connectivity index (χ0n) is 12.2. The maximum atomic E-state index is 11.9. The number of halogens is 1. The average Bonchev–Trinajstić information content (AvgIpc) is 2.38. The van der Waals surface area contributed by atoms with Crippen molar-refractivity contribution in [3.8, 4) is 0 Å². The molecular weight excluding hydrogens is 316 g/mol. The molecule has 1 fully saturated rings. The summed E-state index contributed by atoms with van der Waals surface area (Å²) in [4.78, 5) is 13.8. The van der Waals surface area contributed by atoms with Crippen LogP contribution in [0.25, 0.3) is 0 Å². The highest BCUT2D eigenvalue weighted by Gasteiger charge is 2.30. The van der Waals surface area contributed by atoms with Gasteiger partial charge in [0, 0.05) is 23.6 Å². The number of nitrogens with one attached hydrogen (secondary N) is 1. The minimum atomic E-state index is 0.209. The minimum Gasteiger partial charge on any atom is -0.342 e. The standard InChI is InChI=1S/C16H23BrN2O/c1-3-19(4-2)16(20)11-18-15-9-13(10-15)12-6-5-7-14(17)8-12/h5-8,13,15,18H,3-4,9-11H2,1-2H3. The fourth-order valence-electron chi connectivity index (χ4n) is 2.74. The molecule has 1 aliphatic rings. The van der Waals surface area contributed by atoms with Crippen molar-refractivity contribution < 1.29 is 4.79 Å². The Hall–Kier alpha value is -0.870.